The quantitative estimate of drug-likeness (QED) is 0.369. The zero-order valence-corrected chi connectivity index (χ0v) is 12.7. The summed E-state index contributed by atoms with van der Waals surface area (Å²) in [6.07, 6.45) is 1.35. The highest BCUT2D eigenvalue weighted by molar-refractivity contribution is 9.10. The van der Waals surface area contributed by atoms with Gasteiger partial charge < -0.3 is 10.5 Å². The molecule has 0 saturated carbocycles. The van der Waals surface area contributed by atoms with Gasteiger partial charge in [0.25, 0.3) is 0 Å². The molecule has 2 rings (SSSR count). The van der Waals surface area contributed by atoms with Gasteiger partial charge in [-0.05, 0) is 28.1 Å². The highest BCUT2D eigenvalue weighted by atomic mass is 79.9. The van der Waals surface area contributed by atoms with Crippen LogP contribution in [0.25, 0.3) is 0 Å². The van der Waals surface area contributed by atoms with Gasteiger partial charge in [-0.3, -0.25) is 15.5 Å². The number of nitrogens with zero attached hydrogens (tertiary/aromatic N) is 2. The topological polar surface area (TPSA) is 115 Å². The number of halogens is 2. The molecule has 3 N–H and O–H groups in total. The van der Waals surface area contributed by atoms with E-state index in [2.05, 4.69) is 20.9 Å². The number of amidine groups is 1. The number of pyridine rings is 1. The Morgan fingerprint density at radius 2 is 2.19 bits per heavy atom. The van der Waals surface area contributed by atoms with Crippen LogP contribution < -0.4 is 10.5 Å². The van der Waals surface area contributed by atoms with Crippen molar-refractivity contribution in [1.29, 1.82) is 5.41 Å². The summed E-state index contributed by atoms with van der Waals surface area (Å²) in [5, 5.41) is 18.4. The van der Waals surface area contributed by atoms with Crippen molar-refractivity contribution in [2.45, 2.75) is 0 Å². The first-order valence-electron chi connectivity index (χ1n) is 5.51. The minimum atomic E-state index is -0.581. The van der Waals surface area contributed by atoms with Gasteiger partial charge in [0.15, 0.2) is 0 Å². The van der Waals surface area contributed by atoms with Crippen molar-refractivity contribution in [3.8, 4) is 11.6 Å². The third-order valence-corrected chi connectivity index (χ3v) is 3.48. The maximum Gasteiger partial charge on any atom is 0.312 e. The largest absolute Gasteiger partial charge is 0.429 e. The normalized spacial score (nSPS) is 10.2. The van der Waals surface area contributed by atoms with Crippen LogP contribution in [-0.4, -0.2) is 15.7 Å². The maximum atomic E-state index is 11.0. The molecule has 0 bridgehead atoms. The number of aromatic nitrogens is 1. The number of rotatable bonds is 4. The number of hydrogen-bond acceptors (Lipinski definition) is 5. The Hall–Kier alpha value is -2.19. The van der Waals surface area contributed by atoms with E-state index in [9.17, 15) is 10.1 Å². The second-order valence-electron chi connectivity index (χ2n) is 3.84. The van der Waals surface area contributed by atoms with Gasteiger partial charge >= 0.3 is 5.69 Å². The molecule has 0 spiro atoms. The van der Waals surface area contributed by atoms with Gasteiger partial charge in [-0.2, -0.15) is 0 Å². The van der Waals surface area contributed by atoms with E-state index in [0.29, 0.717) is 4.47 Å². The fourth-order valence-electron chi connectivity index (χ4n) is 1.54. The number of nitrogens with one attached hydrogen (secondary N) is 1. The average Bonchev–Trinajstić information content (AvgIpc) is 2.42. The molecule has 0 saturated heterocycles. The third kappa shape index (κ3) is 3.11. The van der Waals surface area contributed by atoms with E-state index in [1.54, 1.807) is 6.07 Å². The minimum Gasteiger partial charge on any atom is -0.429 e. The van der Waals surface area contributed by atoms with Crippen molar-refractivity contribution < 1.29 is 9.66 Å². The fraction of sp³-hybridized carbons (Fsp3) is 0. The summed E-state index contributed by atoms with van der Waals surface area (Å²) in [6.45, 7) is 0. The lowest BCUT2D eigenvalue weighted by molar-refractivity contribution is -0.385. The third-order valence-electron chi connectivity index (χ3n) is 2.49. The number of para-hydroxylation sites is 1. The molecule has 108 valence electrons. The summed E-state index contributed by atoms with van der Waals surface area (Å²) in [6, 6.07) is 5.84. The first-order chi connectivity index (χ1) is 9.91. The van der Waals surface area contributed by atoms with Crippen molar-refractivity contribution in [1.82, 2.24) is 4.98 Å². The number of hydrogen-bond donors (Lipinski definition) is 2. The molecule has 0 atom stereocenters. The van der Waals surface area contributed by atoms with Gasteiger partial charge in [0, 0.05) is 17.8 Å². The number of benzene rings is 1. The summed E-state index contributed by atoms with van der Waals surface area (Å²) in [5.41, 5.74) is 5.38. The van der Waals surface area contributed by atoms with E-state index >= 15 is 0 Å². The fourth-order valence-corrected chi connectivity index (χ4v) is 2.23. The first kappa shape index (κ1) is 15.2. The molecule has 21 heavy (non-hydrogen) atoms. The molecule has 0 radical (unpaired) electrons. The second-order valence-corrected chi connectivity index (χ2v) is 5.07. The summed E-state index contributed by atoms with van der Waals surface area (Å²) in [7, 11) is 0. The second kappa shape index (κ2) is 6.06. The lowest BCUT2D eigenvalue weighted by atomic mass is 10.2. The molecule has 0 aliphatic carbocycles. The average molecular weight is 372 g/mol. The summed E-state index contributed by atoms with van der Waals surface area (Å²) in [5.74, 6) is -0.356. The Labute approximate surface area is 132 Å². The molecule has 0 aliphatic rings. The van der Waals surface area contributed by atoms with Crippen molar-refractivity contribution in [2.24, 2.45) is 5.73 Å². The SMILES string of the molecule is N=C(N)c1ccnc(Oc2c(Br)cccc2[N+](=O)[O-])c1Cl. The van der Waals surface area contributed by atoms with Crippen molar-refractivity contribution in [3.63, 3.8) is 0 Å². The van der Waals surface area contributed by atoms with Crippen LogP contribution in [0.15, 0.2) is 34.9 Å². The van der Waals surface area contributed by atoms with Crippen LogP contribution in [0.1, 0.15) is 5.56 Å². The number of nitro groups is 1. The van der Waals surface area contributed by atoms with E-state index in [0.717, 1.165) is 0 Å². The van der Waals surface area contributed by atoms with Gasteiger partial charge in [-0.1, -0.05) is 17.7 Å². The van der Waals surface area contributed by atoms with Gasteiger partial charge in [0.05, 0.1) is 9.40 Å². The van der Waals surface area contributed by atoms with Crippen LogP contribution in [0.3, 0.4) is 0 Å². The van der Waals surface area contributed by atoms with E-state index in [1.807, 2.05) is 0 Å². The molecule has 2 aromatic rings. The minimum absolute atomic E-state index is 0.00931. The van der Waals surface area contributed by atoms with Crippen molar-refractivity contribution >= 4 is 39.1 Å². The highest BCUT2D eigenvalue weighted by Gasteiger charge is 2.21. The van der Waals surface area contributed by atoms with E-state index in [1.165, 1.54) is 24.4 Å². The van der Waals surface area contributed by atoms with E-state index in [4.69, 9.17) is 27.5 Å². The highest BCUT2D eigenvalue weighted by Crippen LogP contribution is 2.39. The van der Waals surface area contributed by atoms with E-state index < -0.39 is 4.92 Å². The van der Waals surface area contributed by atoms with Gasteiger partial charge in [-0.15, -0.1) is 0 Å². The first-order valence-corrected chi connectivity index (χ1v) is 6.68. The molecule has 0 aliphatic heterocycles. The van der Waals surface area contributed by atoms with E-state index in [-0.39, 0.29) is 33.7 Å². The van der Waals surface area contributed by atoms with Gasteiger partial charge in [0.2, 0.25) is 11.6 Å². The summed E-state index contributed by atoms with van der Waals surface area (Å²) in [4.78, 5) is 14.3. The van der Waals surface area contributed by atoms with Crippen LogP contribution in [0.2, 0.25) is 5.02 Å². The Morgan fingerprint density at radius 3 is 2.81 bits per heavy atom. The van der Waals surface area contributed by atoms with Crippen molar-refractivity contribution in [3.05, 3.63) is 55.6 Å². The molecule has 0 fully saturated rings. The Morgan fingerprint density at radius 1 is 1.48 bits per heavy atom. The Balaban J connectivity index is 2.51. The molecule has 1 aromatic heterocycles. The molecular formula is C12H8BrClN4O3. The Kier molecular flexibility index (Phi) is 4.39. The number of nitrogens with two attached hydrogens (primary N) is 1. The van der Waals surface area contributed by atoms with Crippen LogP contribution in [0.4, 0.5) is 5.69 Å². The van der Waals surface area contributed by atoms with Crippen LogP contribution in [-0.2, 0) is 0 Å². The standard InChI is InChI=1S/C12H8BrClN4O3/c13-7-2-1-3-8(18(19)20)10(7)21-12-9(14)6(11(15)16)4-5-17-12/h1-5H,(H3,15,16). The lowest BCUT2D eigenvalue weighted by Crippen LogP contribution is -2.12. The number of ether oxygens (including phenoxy) is 1. The molecule has 1 aromatic carbocycles. The predicted molar refractivity (Wildman–Crippen MR) is 81.1 cm³/mol. The Bertz CT molecular complexity index is 738. The molecule has 7 nitrogen and oxygen atoms in total. The zero-order chi connectivity index (χ0) is 15.6. The molecule has 9 heteroatoms. The molecule has 1 heterocycles. The zero-order valence-electron chi connectivity index (χ0n) is 10.3. The molecule has 0 unspecified atom stereocenters. The van der Waals surface area contributed by atoms with Crippen molar-refractivity contribution in [2.75, 3.05) is 0 Å². The number of nitro benzene ring substituents is 1. The monoisotopic (exact) mass is 370 g/mol. The smallest absolute Gasteiger partial charge is 0.312 e. The molecule has 0 amide bonds. The predicted octanol–water partition coefficient (Wildman–Crippen LogP) is 3.48. The summed E-state index contributed by atoms with van der Waals surface area (Å²) >= 11 is 9.22. The van der Waals surface area contributed by atoms with Crippen LogP contribution >= 0.6 is 27.5 Å². The van der Waals surface area contributed by atoms with Crippen LogP contribution in [0, 0.1) is 15.5 Å². The van der Waals surface area contributed by atoms with Gasteiger partial charge in [-0.25, -0.2) is 4.98 Å². The number of nitrogen functional groups attached to an aromatic ring is 1. The van der Waals surface area contributed by atoms with Crippen LogP contribution in [0.5, 0.6) is 11.6 Å². The molecular weight excluding hydrogens is 364 g/mol. The maximum absolute atomic E-state index is 11.0. The summed E-state index contributed by atoms with van der Waals surface area (Å²) < 4.78 is 5.82. The van der Waals surface area contributed by atoms with Gasteiger partial charge in [0.1, 0.15) is 10.9 Å². The lowest BCUT2D eigenvalue weighted by Gasteiger charge is -2.10.